The second-order valence-electron chi connectivity index (χ2n) is 20.8. The molecule has 5 aliphatic heterocycles. The lowest BCUT2D eigenvalue weighted by Crippen LogP contribution is -2.65. The Hall–Kier alpha value is -2.11. The van der Waals surface area contributed by atoms with E-state index in [1.54, 1.807) is 67.5 Å². The van der Waals surface area contributed by atoms with Crippen molar-refractivity contribution in [1.29, 1.82) is 0 Å². The molecule has 0 saturated carbocycles. The number of fused-ring (bicyclic) bond motifs is 1. The van der Waals surface area contributed by atoms with Crippen LogP contribution in [0.4, 0.5) is 4.79 Å². The van der Waals surface area contributed by atoms with Crippen LogP contribution >= 0.6 is 0 Å². The number of ether oxygens (including phenoxy) is 11. The van der Waals surface area contributed by atoms with E-state index in [9.17, 15) is 29.7 Å². The minimum atomic E-state index is -1.51. The molecule has 5 fully saturated rings. The number of methoxy groups -OCH3 is 2. The quantitative estimate of drug-likeness (QED) is 0.254. The number of hydrogen-bond donors (Lipinski definition) is 3. The number of Topliss-reactive ketones (excluding diaryl/α,β-unsaturated/α-hetero) is 1. The van der Waals surface area contributed by atoms with Gasteiger partial charge in [0, 0.05) is 38.5 Å². The maximum Gasteiger partial charge on any atom is 0.509 e. The van der Waals surface area contributed by atoms with Crippen LogP contribution in [0.3, 0.4) is 0 Å². The summed E-state index contributed by atoms with van der Waals surface area (Å²) in [6.07, 6.45) is -13.3. The van der Waals surface area contributed by atoms with E-state index in [-0.39, 0.29) is 37.2 Å². The van der Waals surface area contributed by atoms with Gasteiger partial charge in [-0.25, -0.2) is 4.79 Å². The zero-order valence-corrected chi connectivity index (χ0v) is 42.3. The predicted octanol–water partition coefficient (Wildman–Crippen LogP) is 3.04. The number of likely N-dealkylation sites (N-methyl/N-ethyl adjacent to an activating group) is 2. The van der Waals surface area contributed by atoms with Gasteiger partial charge in [-0.3, -0.25) is 9.59 Å². The molecule has 5 heterocycles. The second kappa shape index (κ2) is 21.5. The molecule has 5 aliphatic rings. The van der Waals surface area contributed by atoms with Crippen LogP contribution in [0.5, 0.6) is 0 Å². The Morgan fingerprint density at radius 1 is 0.697 bits per heavy atom. The highest BCUT2D eigenvalue weighted by atomic mass is 16.8. The number of aliphatic hydroxyl groups excluding tert-OH is 3. The highest BCUT2D eigenvalue weighted by Crippen LogP contribution is 2.44. The van der Waals surface area contributed by atoms with Crippen molar-refractivity contribution in [3.63, 3.8) is 0 Å². The third kappa shape index (κ3) is 10.9. The average Bonchev–Trinajstić information content (AvgIpc) is 3.56. The minimum absolute atomic E-state index is 0.0786. The molecule has 0 aliphatic carbocycles. The summed E-state index contributed by atoms with van der Waals surface area (Å²) in [5.74, 6) is -4.29. The summed E-state index contributed by atoms with van der Waals surface area (Å²) < 4.78 is 69.8. The number of carbonyl (C=O) groups is 3. The Kier molecular flexibility index (Phi) is 17.8. The lowest BCUT2D eigenvalue weighted by atomic mass is 9.74. The van der Waals surface area contributed by atoms with Crippen LogP contribution in [-0.4, -0.2) is 200 Å². The zero-order valence-electron chi connectivity index (χ0n) is 42.3. The number of hydrogen-bond acceptors (Lipinski definition) is 19. The molecule has 66 heavy (non-hydrogen) atoms. The minimum Gasteiger partial charge on any atom is -0.458 e. The summed E-state index contributed by atoms with van der Waals surface area (Å²) in [5, 5.41) is 34.1. The van der Waals surface area contributed by atoms with Crippen LogP contribution in [0.2, 0.25) is 0 Å². The molecule has 0 amide bonds. The number of cyclic esters (lactones) is 1. The Bertz CT molecular complexity index is 1660. The molecule has 19 nitrogen and oxygen atoms in total. The van der Waals surface area contributed by atoms with Crippen molar-refractivity contribution in [2.24, 2.45) is 23.7 Å². The topological polar surface area (TPSA) is 220 Å². The summed E-state index contributed by atoms with van der Waals surface area (Å²) in [7, 11) is 10.3. The standard InChI is InChI=1S/C47H82N2O17/c1-18-30-47(11)39(65-44(55)66-47)24(4)33(50)22(2)20-45(9,56-16)38(63-42-35(52)29(48(12)13)19-23(3)58-42)25(5)37(26(6)41(54)61-30)62-31-21-46(10,57-17)40(28(8)59-31)64-43-36(53)32(49(14)15)34(51)27(7)60-43/h22-32,34-40,42-43,51-53H,18-21H2,1-17H3/t22-,23-,24+,25+,26-,27-,28+,29+,30-,31+,32+,34-,35-,36-,37+,38-,39-,40+,42+,43+,45+,46-,47-/m1/s1. The Balaban J connectivity index is 1.57. The maximum absolute atomic E-state index is 14.7. The molecule has 0 bridgehead atoms. The molecule has 0 radical (unpaired) electrons. The number of esters is 1. The smallest absolute Gasteiger partial charge is 0.458 e. The fourth-order valence-corrected chi connectivity index (χ4v) is 11.3. The third-order valence-electron chi connectivity index (χ3n) is 15.4. The molecule has 0 spiro atoms. The first kappa shape index (κ1) is 54.8. The zero-order chi connectivity index (χ0) is 49.5. The normalized spacial score (nSPS) is 48.9. The van der Waals surface area contributed by atoms with E-state index in [1.165, 1.54) is 14.2 Å². The largest absolute Gasteiger partial charge is 0.509 e. The fraction of sp³-hybridized carbons (Fsp3) is 0.936. The highest BCUT2D eigenvalue weighted by molar-refractivity contribution is 5.84. The van der Waals surface area contributed by atoms with Crippen molar-refractivity contribution >= 4 is 17.9 Å². The van der Waals surface area contributed by atoms with Crippen molar-refractivity contribution in [2.45, 2.75) is 217 Å². The number of rotatable bonds is 11. The molecule has 5 saturated heterocycles. The van der Waals surface area contributed by atoms with Gasteiger partial charge in [-0.2, -0.15) is 0 Å². The van der Waals surface area contributed by atoms with Crippen molar-refractivity contribution in [2.75, 3.05) is 42.4 Å². The van der Waals surface area contributed by atoms with Gasteiger partial charge >= 0.3 is 12.1 Å². The van der Waals surface area contributed by atoms with Crippen molar-refractivity contribution in [3.8, 4) is 0 Å². The lowest BCUT2D eigenvalue weighted by Gasteiger charge is -2.51. The molecule has 3 N–H and O–H groups in total. The molecule has 0 aromatic carbocycles. The van der Waals surface area contributed by atoms with Crippen molar-refractivity contribution < 1.29 is 81.8 Å². The van der Waals surface area contributed by atoms with E-state index < -0.39 is 139 Å². The maximum atomic E-state index is 14.7. The summed E-state index contributed by atoms with van der Waals surface area (Å²) in [6, 6.07) is -0.994. The van der Waals surface area contributed by atoms with E-state index in [2.05, 4.69) is 0 Å². The third-order valence-corrected chi connectivity index (χ3v) is 15.4. The fourth-order valence-electron chi connectivity index (χ4n) is 11.3. The molecule has 23 atom stereocenters. The highest BCUT2D eigenvalue weighted by Gasteiger charge is 2.60. The van der Waals surface area contributed by atoms with Gasteiger partial charge in [0.25, 0.3) is 0 Å². The predicted molar refractivity (Wildman–Crippen MR) is 237 cm³/mol. The van der Waals surface area contributed by atoms with E-state index >= 15 is 0 Å². The van der Waals surface area contributed by atoms with Crippen LogP contribution in [0.1, 0.15) is 102 Å². The molecule has 0 aromatic heterocycles. The van der Waals surface area contributed by atoms with E-state index in [4.69, 9.17) is 52.1 Å². The van der Waals surface area contributed by atoms with Crippen LogP contribution < -0.4 is 0 Å². The van der Waals surface area contributed by atoms with Gasteiger partial charge in [-0.05, 0) is 95.9 Å². The second-order valence-corrected chi connectivity index (χ2v) is 20.8. The summed E-state index contributed by atoms with van der Waals surface area (Å²) in [4.78, 5) is 45.8. The van der Waals surface area contributed by atoms with E-state index in [0.717, 1.165) is 0 Å². The first-order valence-electron chi connectivity index (χ1n) is 23.7. The van der Waals surface area contributed by atoms with Crippen LogP contribution in [0.25, 0.3) is 0 Å². The van der Waals surface area contributed by atoms with Crippen LogP contribution in [-0.2, 0) is 61.7 Å². The van der Waals surface area contributed by atoms with Gasteiger partial charge in [-0.15, -0.1) is 0 Å². The first-order valence-corrected chi connectivity index (χ1v) is 23.7. The Labute approximate surface area is 391 Å². The molecular formula is C47H82N2O17. The van der Waals surface area contributed by atoms with Crippen molar-refractivity contribution in [3.05, 3.63) is 0 Å². The number of carbonyl (C=O) groups excluding carboxylic acids is 3. The summed E-state index contributed by atoms with van der Waals surface area (Å²) in [5.41, 5.74) is -3.92. The van der Waals surface area contributed by atoms with Crippen LogP contribution in [0.15, 0.2) is 0 Å². The van der Waals surface area contributed by atoms with Gasteiger partial charge < -0.3 is 77.2 Å². The van der Waals surface area contributed by atoms with Gasteiger partial charge in [0.15, 0.2) is 30.6 Å². The van der Waals surface area contributed by atoms with Gasteiger partial charge in [0.05, 0.1) is 65.7 Å². The van der Waals surface area contributed by atoms with Gasteiger partial charge in [0.2, 0.25) is 0 Å². The van der Waals surface area contributed by atoms with Crippen LogP contribution in [0, 0.1) is 23.7 Å². The van der Waals surface area contributed by atoms with Gasteiger partial charge in [-0.1, -0.05) is 27.7 Å². The summed E-state index contributed by atoms with van der Waals surface area (Å²) in [6.45, 7) is 19.5. The molecule has 19 heteroatoms. The molecule has 0 unspecified atom stereocenters. The first-order chi connectivity index (χ1) is 30.7. The van der Waals surface area contributed by atoms with E-state index in [0.29, 0.717) is 6.42 Å². The Morgan fingerprint density at radius 2 is 1.29 bits per heavy atom. The molecular weight excluding hydrogens is 865 g/mol. The lowest BCUT2D eigenvalue weighted by molar-refractivity contribution is -0.355. The number of ketones is 1. The number of nitrogens with zero attached hydrogens (tertiary/aromatic N) is 2. The van der Waals surface area contributed by atoms with E-state index in [1.807, 2.05) is 46.7 Å². The molecule has 5 rings (SSSR count). The molecule has 0 aromatic rings. The Morgan fingerprint density at radius 3 is 1.86 bits per heavy atom. The monoisotopic (exact) mass is 947 g/mol. The van der Waals surface area contributed by atoms with Crippen molar-refractivity contribution in [1.82, 2.24) is 9.80 Å². The summed E-state index contributed by atoms with van der Waals surface area (Å²) >= 11 is 0. The average molecular weight is 947 g/mol. The SMILES string of the molecule is CC[C@H]1OC(=O)[C@H](C)[C@@H](O[C@H]2C[C@@](C)(OC)[C@@H](O[C@@H]3O[C@H](C)[C@@H](O)[C@H](N(C)C)[C@H]3O)[C@H](C)O2)[C@H](C)[C@@H](O[C@@H]2O[C@H](C)C[C@H](N(C)C)[C@H]2O)[C@@](C)(OC)C[C@@H](C)C(=O)[C@H](C)[C@H]2OC(=O)O[C@@]21C. The molecule has 382 valence electrons. The number of aliphatic hydroxyl groups is 3. The van der Waals surface area contributed by atoms with Gasteiger partial charge in [0.1, 0.15) is 30.2 Å².